The summed E-state index contributed by atoms with van der Waals surface area (Å²) >= 11 is 1.82. The molecule has 102 valence electrons. The summed E-state index contributed by atoms with van der Waals surface area (Å²) in [5.41, 5.74) is -0.0712. The summed E-state index contributed by atoms with van der Waals surface area (Å²) in [4.78, 5) is 1.42. The molecule has 1 aliphatic rings. The summed E-state index contributed by atoms with van der Waals surface area (Å²) in [6.07, 6.45) is 3.00. The predicted octanol–water partition coefficient (Wildman–Crippen LogP) is 2.46. The number of hydrogen-bond donors (Lipinski definition) is 1. The number of ether oxygens (including phenoxy) is 2. The van der Waals surface area contributed by atoms with Crippen molar-refractivity contribution < 1.29 is 9.47 Å². The standard InChI is InChI=1S/C14H23NO2S/c1-3-15-13(11-12-5-4-10-18-12)14(16-2)6-8-17-9-7-14/h4-5,10,13,15H,3,6-9,11H2,1-2H3. The molecule has 18 heavy (non-hydrogen) atoms. The molecule has 1 atom stereocenters. The lowest BCUT2D eigenvalue weighted by Crippen LogP contribution is -2.56. The van der Waals surface area contributed by atoms with Crippen molar-refractivity contribution in [2.24, 2.45) is 0 Å². The Hall–Kier alpha value is -0.420. The van der Waals surface area contributed by atoms with E-state index >= 15 is 0 Å². The van der Waals surface area contributed by atoms with Gasteiger partial charge in [0, 0.05) is 44.1 Å². The van der Waals surface area contributed by atoms with Gasteiger partial charge >= 0.3 is 0 Å². The molecule has 0 saturated carbocycles. The third kappa shape index (κ3) is 3.12. The molecule has 0 amide bonds. The molecule has 1 fully saturated rings. The molecule has 1 unspecified atom stereocenters. The summed E-state index contributed by atoms with van der Waals surface area (Å²) in [7, 11) is 1.84. The fourth-order valence-corrected chi connectivity index (χ4v) is 3.48. The first-order chi connectivity index (χ1) is 8.80. The Morgan fingerprint density at radius 2 is 2.28 bits per heavy atom. The molecule has 1 N–H and O–H groups in total. The highest BCUT2D eigenvalue weighted by atomic mass is 32.1. The average molecular weight is 269 g/mol. The molecule has 0 radical (unpaired) electrons. The molecule has 0 bridgehead atoms. The molecule has 1 aromatic heterocycles. The van der Waals surface area contributed by atoms with Gasteiger partial charge in [-0.2, -0.15) is 0 Å². The number of rotatable bonds is 6. The van der Waals surface area contributed by atoms with Gasteiger partial charge in [0.1, 0.15) is 0 Å². The monoisotopic (exact) mass is 269 g/mol. The Morgan fingerprint density at radius 1 is 1.50 bits per heavy atom. The van der Waals surface area contributed by atoms with Gasteiger partial charge in [-0.25, -0.2) is 0 Å². The van der Waals surface area contributed by atoms with Crippen molar-refractivity contribution in [1.82, 2.24) is 5.32 Å². The number of methoxy groups -OCH3 is 1. The maximum atomic E-state index is 5.90. The third-order valence-electron chi connectivity index (χ3n) is 3.82. The Balaban J connectivity index is 2.10. The van der Waals surface area contributed by atoms with E-state index in [1.807, 2.05) is 18.4 Å². The van der Waals surface area contributed by atoms with Crippen molar-refractivity contribution in [3.05, 3.63) is 22.4 Å². The van der Waals surface area contributed by atoms with Crippen molar-refractivity contribution in [2.75, 3.05) is 26.9 Å². The highest BCUT2D eigenvalue weighted by molar-refractivity contribution is 7.09. The smallest absolute Gasteiger partial charge is 0.0878 e. The normalized spacial score (nSPS) is 20.8. The van der Waals surface area contributed by atoms with Gasteiger partial charge < -0.3 is 14.8 Å². The first kappa shape index (κ1) is 14.0. The van der Waals surface area contributed by atoms with E-state index in [4.69, 9.17) is 9.47 Å². The minimum Gasteiger partial charge on any atom is -0.381 e. The molecule has 0 aromatic carbocycles. The lowest BCUT2D eigenvalue weighted by Gasteiger charge is -2.42. The summed E-state index contributed by atoms with van der Waals surface area (Å²) in [6, 6.07) is 4.69. The van der Waals surface area contributed by atoms with Crippen LogP contribution in [0.25, 0.3) is 0 Å². The van der Waals surface area contributed by atoms with Crippen LogP contribution in [0, 0.1) is 0 Å². The number of nitrogens with one attached hydrogen (secondary N) is 1. The largest absolute Gasteiger partial charge is 0.381 e. The quantitative estimate of drug-likeness (QED) is 0.860. The molecule has 4 heteroatoms. The van der Waals surface area contributed by atoms with Crippen LogP contribution in [0.1, 0.15) is 24.6 Å². The fourth-order valence-electron chi connectivity index (χ4n) is 2.73. The molecular formula is C14H23NO2S. The van der Waals surface area contributed by atoms with Crippen LogP contribution in [-0.2, 0) is 15.9 Å². The number of hydrogen-bond acceptors (Lipinski definition) is 4. The molecular weight excluding hydrogens is 246 g/mol. The van der Waals surface area contributed by atoms with Gasteiger partial charge in [0.2, 0.25) is 0 Å². The van der Waals surface area contributed by atoms with E-state index in [-0.39, 0.29) is 5.60 Å². The first-order valence-electron chi connectivity index (χ1n) is 6.69. The van der Waals surface area contributed by atoms with Crippen LogP contribution in [0.3, 0.4) is 0 Å². The van der Waals surface area contributed by atoms with E-state index in [1.165, 1.54) is 4.88 Å². The van der Waals surface area contributed by atoms with Gasteiger partial charge in [-0.3, -0.25) is 0 Å². The molecule has 1 aliphatic heterocycles. The Bertz CT molecular complexity index is 334. The molecule has 0 aliphatic carbocycles. The van der Waals surface area contributed by atoms with Gasteiger partial charge in [0.25, 0.3) is 0 Å². The van der Waals surface area contributed by atoms with Crippen LogP contribution in [0.5, 0.6) is 0 Å². The summed E-state index contributed by atoms with van der Waals surface area (Å²) in [6.45, 7) is 4.74. The van der Waals surface area contributed by atoms with Gasteiger partial charge in [-0.05, 0) is 24.4 Å². The maximum absolute atomic E-state index is 5.90. The Labute approximate surface area is 113 Å². The molecule has 3 nitrogen and oxygen atoms in total. The predicted molar refractivity (Wildman–Crippen MR) is 75.3 cm³/mol. The van der Waals surface area contributed by atoms with Crippen LogP contribution < -0.4 is 5.32 Å². The van der Waals surface area contributed by atoms with E-state index in [2.05, 4.69) is 29.8 Å². The van der Waals surface area contributed by atoms with Gasteiger partial charge in [0.05, 0.1) is 5.60 Å². The van der Waals surface area contributed by atoms with Gasteiger partial charge in [0.15, 0.2) is 0 Å². The van der Waals surface area contributed by atoms with E-state index < -0.39 is 0 Å². The first-order valence-corrected chi connectivity index (χ1v) is 7.57. The zero-order valence-corrected chi connectivity index (χ0v) is 12.1. The lowest BCUT2D eigenvalue weighted by molar-refractivity contribution is -0.110. The zero-order valence-electron chi connectivity index (χ0n) is 11.3. The number of likely N-dealkylation sites (N-methyl/N-ethyl adjacent to an activating group) is 1. The third-order valence-corrected chi connectivity index (χ3v) is 4.72. The molecule has 1 aromatic rings. The highest BCUT2D eigenvalue weighted by Crippen LogP contribution is 2.30. The van der Waals surface area contributed by atoms with Crippen molar-refractivity contribution in [1.29, 1.82) is 0 Å². The number of thiophene rings is 1. The second-order valence-electron chi connectivity index (χ2n) is 4.78. The average Bonchev–Trinajstić information content (AvgIpc) is 2.92. The van der Waals surface area contributed by atoms with Crippen LogP contribution in [0.15, 0.2) is 17.5 Å². The highest BCUT2D eigenvalue weighted by Gasteiger charge is 2.40. The second kappa shape index (κ2) is 6.66. The van der Waals surface area contributed by atoms with E-state index in [9.17, 15) is 0 Å². The fraction of sp³-hybridized carbons (Fsp3) is 0.714. The second-order valence-corrected chi connectivity index (χ2v) is 5.81. The molecule has 0 spiro atoms. The lowest BCUT2D eigenvalue weighted by atomic mass is 9.83. The van der Waals surface area contributed by atoms with Gasteiger partial charge in [-0.15, -0.1) is 11.3 Å². The SMILES string of the molecule is CCNC(Cc1cccs1)C1(OC)CCOCC1. The molecule has 2 rings (SSSR count). The Morgan fingerprint density at radius 3 is 2.83 bits per heavy atom. The molecule has 1 saturated heterocycles. The minimum atomic E-state index is -0.0712. The summed E-state index contributed by atoms with van der Waals surface area (Å²) < 4.78 is 11.4. The maximum Gasteiger partial charge on any atom is 0.0878 e. The van der Waals surface area contributed by atoms with Crippen LogP contribution in [0.2, 0.25) is 0 Å². The molecule has 2 heterocycles. The van der Waals surface area contributed by atoms with Gasteiger partial charge in [-0.1, -0.05) is 13.0 Å². The topological polar surface area (TPSA) is 30.5 Å². The minimum absolute atomic E-state index is 0.0712. The van der Waals surface area contributed by atoms with Crippen molar-refractivity contribution >= 4 is 11.3 Å². The van der Waals surface area contributed by atoms with Crippen LogP contribution in [-0.4, -0.2) is 38.5 Å². The van der Waals surface area contributed by atoms with Crippen molar-refractivity contribution in [3.63, 3.8) is 0 Å². The van der Waals surface area contributed by atoms with E-state index in [1.54, 1.807) is 0 Å². The van der Waals surface area contributed by atoms with E-state index in [0.29, 0.717) is 6.04 Å². The van der Waals surface area contributed by atoms with Crippen molar-refractivity contribution in [3.8, 4) is 0 Å². The Kier molecular flexibility index (Phi) is 5.18. The van der Waals surface area contributed by atoms with Crippen molar-refractivity contribution in [2.45, 2.75) is 37.8 Å². The van der Waals surface area contributed by atoms with E-state index in [0.717, 1.165) is 39.0 Å². The summed E-state index contributed by atoms with van der Waals surface area (Å²) in [5.74, 6) is 0. The zero-order chi connectivity index (χ0) is 12.8. The summed E-state index contributed by atoms with van der Waals surface area (Å²) in [5, 5.41) is 5.75. The van der Waals surface area contributed by atoms with Crippen LogP contribution >= 0.6 is 11.3 Å². The van der Waals surface area contributed by atoms with Crippen LogP contribution in [0.4, 0.5) is 0 Å².